The van der Waals surface area contributed by atoms with Gasteiger partial charge in [0.25, 0.3) is 0 Å². The van der Waals surface area contributed by atoms with Gasteiger partial charge >= 0.3 is 0 Å². The zero-order valence-corrected chi connectivity index (χ0v) is 7.47. The van der Waals surface area contributed by atoms with Crippen LogP contribution < -0.4 is 5.73 Å². The van der Waals surface area contributed by atoms with E-state index in [-0.39, 0.29) is 0 Å². The summed E-state index contributed by atoms with van der Waals surface area (Å²) in [6.45, 7) is 3.12. The Balaban J connectivity index is 2.41. The SMILES string of the molecule is CC1CCC/C=C(/CN)CC1. The van der Waals surface area contributed by atoms with Gasteiger partial charge in [-0.2, -0.15) is 0 Å². The van der Waals surface area contributed by atoms with E-state index in [2.05, 4.69) is 13.0 Å². The van der Waals surface area contributed by atoms with Crippen molar-refractivity contribution < 1.29 is 0 Å². The van der Waals surface area contributed by atoms with Crippen LogP contribution in [0.2, 0.25) is 0 Å². The zero-order chi connectivity index (χ0) is 8.10. The normalized spacial score (nSPS) is 31.8. The Labute approximate surface area is 69.7 Å². The molecule has 11 heavy (non-hydrogen) atoms. The standard InChI is InChI=1S/C10H19N/c1-9-4-2-3-5-10(8-11)7-6-9/h5,9H,2-4,6-8,11H2,1H3/b10-5+. The van der Waals surface area contributed by atoms with Crippen molar-refractivity contribution >= 4 is 0 Å². The third-order valence-electron chi connectivity index (χ3n) is 2.55. The summed E-state index contributed by atoms with van der Waals surface area (Å²) in [7, 11) is 0. The molecule has 0 aliphatic heterocycles. The molecule has 0 spiro atoms. The third-order valence-corrected chi connectivity index (χ3v) is 2.55. The lowest BCUT2D eigenvalue weighted by Gasteiger charge is -2.15. The van der Waals surface area contributed by atoms with Crippen LogP contribution in [0.25, 0.3) is 0 Å². The van der Waals surface area contributed by atoms with Gasteiger partial charge in [-0.25, -0.2) is 0 Å². The van der Waals surface area contributed by atoms with E-state index in [4.69, 9.17) is 5.73 Å². The van der Waals surface area contributed by atoms with Crippen LogP contribution in [0.15, 0.2) is 11.6 Å². The molecule has 2 N–H and O–H groups in total. The summed E-state index contributed by atoms with van der Waals surface area (Å²) in [5.41, 5.74) is 7.07. The molecule has 0 radical (unpaired) electrons. The van der Waals surface area contributed by atoms with Crippen molar-refractivity contribution in [2.24, 2.45) is 11.7 Å². The van der Waals surface area contributed by atoms with E-state index < -0.39 is 0 Å². The van der Waals surface area contributed by atoms with E-state index in [1.54, 1.807) is 0 Å². The predicted octanol–water partition coefficient (Wildman–Crippen LogP) is 2.47. The lowest BCUT2D eigenvalue weighted by molar-refractivity contribution is 0.465. The van der Waals surface area contributed by atoms with Gasteiger partial charge in [0.15, 0.2) is 0 Å². The van der Waals surface area contributed by atoms with Crippen molar-refractivity contribution in [1.29, 1.82) is 0 Å². The number of rotatable bonds is 1. The van der Waals surface area contributed by atoms with Crippen LogP contribution in [-0.2, 0) is 0 Å². The van der Waals surface area contributed by atoms with E-state index in [1.807, 2.05) is 0 Å². The van der Waals surface area contributed by atoms with Crippen molar-refractivity contribution in [3.63, 3.8) is 0 Å². The Morgan fingerprint density at radius 3 is 3.09 bits per heavy atom. The summed E-state index contributed by atoms with van der Waals surface area (Å²) in [5, 5.41) is 0. The maximum Gasteiger partial charge on any atom is 0.0136 e. The maximum atomic E-state index is 5.60. The molecule has 0 amide bonds. The topological polar surface area (TPSA) is 26.0 Å². The first-order chi connectivity index (χ1) is 5.33. The molecular formula is C10H19N. The first kappa shape index (κ1) is 8.79. The van der Waals surface area contributed by atoms with Crippen molar-refractivity contribution in [2.75, 3.05) is 6.54 Å². The van der Waals surface area contributed by atoms with Gasteiger partial charge < -0.3 is 5.73 Å². The third kappa shape index (κ3) is 3.06. The fourth-order valence-corrected chi connectivity index (χ4v) is 1.64. The van der Waals surface area contributed by atoms with Gasteiger partial charge in [-0.3, -0.25) is 0 Å². The van der Waals surface area contributed by atoms with E-state index in [1.165, 1.54) is 37.7 Å². The average Bonchev–Trinajstić information content (AvgIpc) is 1.98. The van der Waals surface area contributed by atoms with Gasteiger partial charge in [0.2, 0.25) is 0 Å². The van der Waals surface area contributed by atoms with Crippen LogP contribution >= 0.6 is 0 Å². The summed E-state index contributed by atoms with van der Waals surface area (Å²) >= 11 is 0. The molecule has 1 aliphatic rings. The van der Waals surface area contributed by atoms with Crippen LogP contribution in [-0.4, -0.2) is 6.54 Å². The second kappa shape index (κ2) is 4.55. The second-order valence-electron chi connectivity index (χ2n) is 3.64. The Kier molecular flexibility index (Phi) is 3.64. The number of hydrogen-bond acceptors (Lipinski definition) is 1. The first-order valence-corrected chi connectivity index (χ1v) is 4.71. The monoisotopic (exact) mass is 153 g/mol. The first-order valence-electron chi connectivity index (χ1n) is 4.71. The van der Waals surface area contributed by atoms with Crippen molar-refractivity contribution in [3.05, 3.63) is 11.6 Å². The van der Waals surface area contributed by atoms with Gasteiger partial charge in [0.05, 0.1) is 0 Å². The van der Waals surface area contributed by atoms with Crippen LogP contribution in [0.1, 0.15) is 39.0 Å². The summed E-state index contributed by atoms with van der Waals surface area (Å²) in [5.74, 6) is 0.908. The van der Waals surface area contributed by atoms with E-state index >= 15 is 0 Å². The largest absolute Gasteiger partial charge is 0.327 e. The minimum atomic E-state index is 0.771. The van der Waals surface area contributed by atoms with Gasteiger partial charge in [-0.1, -0.05) is 25.0 Å². The highest BCUT2D eigenvalue weighted by Gasteiger charge is 2.06. The highest BCUT2D eigenvalue weighted by molar-refractivity contribution is 5.04. The molecule has 0 saturated heterocycles. The van der Waals surface area contributed by atoms with Crippen molar-refractivity contribution in [2.45, 2.75) is 39.0 Å². The van der Waals surface area contributed by atoms with E-state index in [0.29, 0.717) is 0 Å². The Bertz CT molecular complexity index is 138. The Morgan fingerprint density at radius 1 is 1.55 bits per heavy atom. The van der Waals surface area contributed by atoms with Crippen LogP contribution in [0.5, 0.6) is 0 Å². The highest BCUT2D eigenvalue weighted by Crippen LogP contribution is 2.20. The van der Waals surface area contributed by atoms with E-state index in [0.717, 1.165) is 12.5 Å². The molecule has 0 aromatic heterocycles. The van der Waals surface area contributed by atoms with Crippen LogP contribution in [0, 0.1) is 5.92 Å². The number of hydrogen-bond donors (Lipinski definition) is 1. The molecule has 1 nitrogen and oxygen atoms in total. The molecule has 0 saturated carbocycles. The smallest absolute Gasteiger partial charge is 0.0136 e. The lowest BCUT2D eigenvalue weighted by atomic mass is 9.92. The molecule has 64 valence electrons. The highest BCUT2D eigenvalue weighted by atomic mass is 14.5. The fraction of sp³-hybridized carbons (Fsp3) is 0.800. The molecule has 1 heteroatoms. The number of allylic oxidation sites excluding steroid dienone is 1. The number of nitrogens with two attached hydrogens (primary N) is 1. The summed E-state index contributed by atoms with van der Waals surface area (Å²) in [6.07, 6.45) is 8.91. The zero-order valence-electron chi connectivity index (χ0n) is 7.47. The van der Waals surface area contributed by atoms with Crippen molar-refractivity contribution in [3.8, 4) is 0 Å². The summed E-state index contributed by atoms with van der Waals surface area (Å²) in [4.78, 5) is 0. The molecule has 0 aromatic carbocycles. The Morgan fingerprint density at radius 2 is 2.36 bits per heavy atom. The second-order valence-corrected chi connectivity index (χ2v) is 3.64. The van der Waals surface area contributed by atoms with Gasteiger partial charge in [-0.05, 0) is 31.6 Å². The van der Waals surface area contributed by atoms with Gasteiger partial charge in [-0.15, -0.1) is 0 Å². The van der Waals surface area contributed by atoms with Gasteiger partial charge in [0.1, 0.15) is 0 Å². The lowest BCUT2D eigenvalue weighted by Crippen LogP contribution is -2.07. The summed E-state index contributed by atoms with van der Waals surface area (Å²) < 4.78 is 0. The predicted molar refractivity (Wildman–Crippen MR) is 49.4 cm³/mol. The molecule has 0 bridgehead atoms. The molecule has 1 aliphatic carbocycles. The molecule has 1 atom stereocenters. The van der Waals surface area contributed by atoms with E-state index in [9.17, 15) is 0 Å². The van der Waals surface area contributed by atoms with Crippen LogP contribution in [0.3, 0.4) is 0 Å². The molecule has 0 heterocycles. The quantitative estimate of drug-likeness (QED) is 0.575. The summed E-state index contributed by atoms with van der Waals surface area (Å²) in [6, 6.07) is 0. The molecule has 0 aromatic rings. The average molecular weight is 153 g/mol. The van der Waals surface area contributed by atoms with Crippen molar-refractivity contribution in [1.82, 2.24) is 0 Å². The Hall–Kier alpha value is -0.300. The fourth-order valence-electron chi connectivity index (χ4n) is 1.64. The molecular weight excluding hydrogens is 134 g/mol. The molecule has 1 rings (SSSR count). The molecule has 1 unspecified atom stereocenters. The molecule has 0 fully saturated rings. The van der Waals surface area contributed by atoms with Crippen LogP contribution in [0.4, 0.5) is 0 Å². The van der Waals surface area contributed by atoms with Gasteiger partial charge in [0, 0.05) is 6.54 Å². The maximum absolute atomic E-state index is 5.60. The minimum absolute atomic E-state index is 0.771. The minimum Gasteiger partial charge on any atom is -0.327 e.